The van der Waals surface area contributed by atoms with E-state index >= 15 is 0 Å². The maximum absolute atomic E-state index is 5.60. The molecule has 1 aromatic heterocycles. The van der Waals surface area contributed by atoms with Gasteiger partial charge in [-0.1, -0.05) is 12.8 Å². The van der Waals surface area contributed by atoms with Gasteiger partial charge in [-0.05, 0) is 38.0 Å². The number of hydrogen-bond donors (Lipinski definition) is 2. The Morgan fingerprint density at radius 2 is 2.04 bits per heavy atom. The van der Waals surface area contributed by atoms with Crippen LogP contribution in [0.1, 0.15) is 57.1 Å². The van der Waals surface area contributed by atoms with E-state index in [1.807, 2.05) is 7.05 Å². The first-order valence-corrected chi connectivity index (χ1v) is 9.69. The summed E-state index contributed by atoms with van der Waals surface area (Å²) in [6, 6.07) is 0. The zero-order valence-corrected chi connectivity index (χ0v) is 18.4. The molecule has 0 atom stereocenters. The van der Waals surface area contributed by atoms with Crippen LogP contribution in [0.4, 0.5) is 0 Å². The second-order valence-electron chi connectivity index (χ2n) is 7.22. The summed E-state index contributed by atoms with van der Waals surface area (Å²) in [5.41, 5.74) is 0.350. The van der Waals surface area contributed by atoms with Gasteiger partial charge in [0.2, 0.25) is 0 Å². The summed E-state index contributed by atoms with van der Waals surface area (Å²) < 4.78 is 7.82. The van der Waals surface area contributed by atoms with E-state index in [4.69, 9.17) is 4.74 Å². The largest absolute Gasteiger partial charge is 0.382 e. The Kier molecular flexibility index (Phi) is 8.59. The van der Waals surface area contributed by atoms with Crippen LogP contribution in [0.2, 0.25) is 0 Å². The molecule has 2 heterocycles. The standard InChI is InChI=1S/C18H32N6O.HI/c1-3-25-12-10-18(8-4-5-9-18)14-21-17(19-2)20-13-16-23-22-15-7-6-11-24(15)16;/h3-14H2,1-2H3,(H2,19,20,21);1H. The van der Waals surface area contributed by atoms with E-state index in [0.29, 0.717) is 12.0 Å². The number of fused-ring (bicyclic) bond motifs is 1. The Balaban J connectivity index is 0.00000243. The zero-order chi connectivity index (χ0) is 17.5. The van der Waals surface area contributed by atoms with Crippen LogP contribution in [0.5, 0.6) is 0 Å². The number of aryl methyl sites for hydroxylation is 1. The van der Waals surface area contributed by atoms with Gasteiger partial charge in [-0.15, -0.1) is 34.2 Å². The third-order valence-corrected chi connectivity index (χ3v) is 5.60. The summed E-state index contributed by atoms with van der Waals surface area (Å²) >= 11 is 0. The third kappa shape index (κ3) is 5.31. The van der Waals surface area contributed by atoms with Crippen molar-refractivity contribution in [1.82, 2.24) is 25.4 Å². The lowest BCUT2D eigenvalue weighted by atomic mass is 9.83. The van der Waals surface area contributed by atoms with E-state index in [9.17, 15) is 0 Å². The van der Waals surface area contributed by atoms with Crippen LogP contribution < -0.4 is 10.6 Å². The number of aliphatic imine (C=N–C) groups is 1. The molecular formula is C18H33IN6O. The lowest BCUT2D eigenvalue weighted by molar-refractivity contribution is 0.105. The quantitative estimate of drug-likeness (QED) is 0.261. The van der Waals surface area contributed by atoms with Crippen molar-refractivity contribution >= 4 is 29.9 Å². The summed E-state index contributed by atoms with van der Waals surface area (Å²) in [7, 11) is 1.82. The Hall–Kier alpha value is -0.900. The van der Waals surface area contributed by atoms with Gasteiger partial charge in [0.25, 0.3) is 0 Å². The summed E-state index contributed by atoms with van der Waals surface area (Å²) in [5, 5.41) is 15.5. The second-order valence-corrected chi connectivity index (χ2v) is 7.22. The fourth-order valence-corrected chi connectivity index (χ4v) is 4.07. The summed E-state index contributed by atoms with van der Waals surface area (Å²) in [4.78, 5) is 4.38. The van der Waals surface area contributed by atoms with Crippen LogP contribution in [0.3, 0.4) is 0 Å². The molecule has 0 amide bonds. The normalized spacial score (nSPS) is 18.5. The molecule has 1 fully saturated rings. The molecule has 0 saturated heterocycles. The maximum Gasteiger partial charge on any atom is 0.191 e. The summed E-state index contributed by atoms with van der Waals surface area (Å²) in [6.07, 6.45) is 8.55. The van der Waals surface area contributed by atoms with Gasteiger partial charge in [-0.3, -0.25) is 4.99 Å². The molecule has 8 heteroatoms. The number of aromatic nitrogens is 3. The first-order chi connectivity index (χ1) is 12.3. The molecule has 1 aromatic rings. The molecule has 0 radical (unpaired) electrons. The molecular weight excluding hydrogens is 443 g/mol. The van der Waals surface area contributed by atoms with E-state index in [2.05, 4.69) is 37.3 Å². The number of halogens is 1. The van der Waals surface area contributed by atoms with Crippen LogP contribution >= 0.6 is 24.0 Å². The van der Waals surface area contributed by atoms with Crippen molar-refractivity contribution < 1.29 is 4.74 Å². The second kappa shape index (κ2) is 10.4. The van der Waals surface area contributed by atoms with E-state index in [-0.39, 0.29) is 24.0 Å². The highest BCUT2D eigenvalue weighted by molar-refractivity contribution is 14.0. The minimum Gasteiger partial charge on any atom is -0.382 e. The van der Waals surface area contributed by atoms with Crippen LogP contribution in [-0.2, 0) is 24.2 Å². The van der Waals surface area contributed by atoms with Gasteiger partial charge < -0.3 is 19.9 Å². The summed E-state index contributed by atoms with van der Waals surface area (Å²) in [5.74, 6) is 2.96. The molecule has 0 unspecified atom stereocenters. The fraction of sp³-hybridized carbons (Fsp3) is 0.833. The first-order valence-electron chi connectivity index (χ1n) is 9.69. The van der Waals surface area contributed by atoms with Crippen molar-refractivity contribution in [1.29, 1.82) is 0 Å². The van der Waals surface area contributed by atoms with Gasteiger partial charge in [0.1, 0.15) is 5.82 Å². The van der Waals surface area contributed by atoms with Crippen LogP contribution in [-0.4, -0.2) is 47.5 Å². The molecule has 1 saturated carbocycles. The molecule has 148 valence electrons. The highest BCUT2D eigenvalue weighted by Gasteiger charge is 2.33. The van der Waals surface area contributed by atoms with Gasteiger partial charge in [0.05, 0.1) is 6.54 Å². The number of nitrogens with zero attached hydrogens (tertiary/aromatic N) is 4. The summed E-state index contributed by atoms with van der Waals surface area (Å²) in [6.45, 7) is 6.38. The van der Waals surface area contributed by atoms with E-state index < -0.39 is 0 Å². The Labute approximate surface area is 173 Å². The molecule has 2 aliphatic rings. The predicted molar refractivity (Wildman–Crippen MR) is 114 cm³/mol. The van der Waals surface area contributed by atoms with Crippen molar-refractivity contribution in [2.24, 2.45) is 10.4 Å². The average molecular weight is 476 g/mol. The number of guanidine groups is 1. The highest BCUT2D eigenvalue weighted by atomic mass is 127. The van der Waals surface area contributed by atoms with E-state index in [1.54, 1.807) is 0 Å². The number of hydrogen-bond acceptors (Lipinski definition) is 4. The Morgan fingerprint density at radius 3 is 2.77 bits per heavy atom. The minimum absolute atomic E-state index is 0. The molecule has 0 bridgehead atoms. The molecule has 1 aliphatic heterocycles. The lowest BCUT2D eigenvalue weighted by Crippen LogP contribution is -2.43. The SMILES string of the molecule is CCOCCC1(CNC(=NC)NCc2nnc3n2CCC3)CCCC1.I. The van der Waals surface area contributed by atoms with E-state index in [1.165, 1.54) is 32.1 Å². The maximum atomic E-state index is 5.60. The Morgan fingerprint density at radius 1 is 1.23 bits per heavy atom. The molecule has 1 aliphatic carbocycles. The first kappa shape index (κ1) is 21.4. The van der Waals surface area contributed by atoms with Gasteiger partial charge in [0.15, 0.2) is 11.8 Å². The number of rotatable bonds is 8. The van der Waals surface area contributed by atoms with Crippen molar-refractivity contribution in [3.8, 4) is 0 Å². The third-order valence-electron chi connectivity index (χ3n) is 5.60. The molecule has 2 N–H and O–H groups in total. The van der Waals surface area contributed by atoms with Crippen LogP contribution in [0.25, 0.3) is 0 Å². The molecule has 3 rings (SSSR count). The van der Waals surface area contributed by atoms with Crippen LogP contribution in [0, 0.1) is 5.41 Å². The fourth-order valence-electron chi connectivity index (χ4n) is 4.07. The van der Waals surface area contributed by atoms with Crippen molar-refractivity contribution in [3.63, 3.8) is 0 Å². The predicted octanol–water partition coefficient (Wildman–Crippen LogP) is 2.49. The van der Waals surface area contributed by atoms with Crippen molar-refractivity contribution in [2.45, 2.75) is 65.0 Å². The van der Waals surface area contributed by atoms with Gasteiger partial charge in [0, 0.05) is 39.8 Å². The van der Waals surface area contributed by atoms with Crippen molar-refractivity contribution in [2.75, 3.05) is 26.8 Å². The Bertz CT molecular complexity index is 582. The molecule has 7 nitrogen and oxygen atoms in total. The number of ether oxygens (including phenoxy) is 1. The topological polar surface area (TPSA) is 76.4 Å². The zero-order valence-electron chi connectivity index (χ0n) is 16.1. The highest BCUT2D eigenvalue weighted by Crippen LogP contribution is 2.40. The number of nitrogens with one attached hydrogen (secondary N) is 2. The van der Waals surface area contributed by atoms with Gasteiger partial charge in [-0.25, -0.2) is 0 Å². The average Bonchev–Trinajstić information content (AvgIpc) is 3.33. The monoisotopic (exact) mass is 476 g/mol. The van der Waals surface area contributed by atoms with Crippen molar-refractivity contribution in [3.05, 3.63) is 11.6 Å². The molecule has 0 spiro atoms. The lowest BCUT2D eigenvalue weighted by Gasteiger charge is -2.30. The minimum atomic E-state index is 0. The van der Waals surface area contributed by atoms with Crippen LogP contribution in [0.15, 0.2) is 4.99 Å². The molecule has 26 heavy (non-hydrogen) atoms. The molecule has 0 aromatic carbocycles. The smallest absolute Gasteiger partial charge is 0.191 e. The van der Waals surface area contributed by atoms with Gasteiger partial charge >= 0.3 is 0 Å². The van der Waals surface area contributed by atoms with E-state index in [0.717, 1.165) is 56.8 Å². The van der Waals surface area contributed by atoms with Gasteiger partial charge in [-0.2, -0.15) is 0 Å².